The molecule has 0 bridgehead atoms. The van der Waals surface area contributed by atoms with E-state index in [-0.39, 0.29) is 12.2 Å². The van der Waals surface area contributed by atoms with Gasteiger partial charge in [-0.1, -0.05) is 106 Å². The number of hydrogen-bond acceptors (Lipinski definition) is 2. The molecule has 0 saturated carbocycles. The lowest BCUT2D eigenvalue weighted by Gasteiger charge is -2.33. The standard InChI is InChI=1S/C48H72O2/c1-36(2)20-14-21-37(3)22-15-23-38(4)24-16-25-39(5)26-17-27-40(6)28-18-29-41(7)30-19-31-42(8)34-35-44-43(9)47(49-10)45-32-12-13-33-46(45)48(44)50-11/h12-13,20,22,24,26,28,30,32-34,47-48H,14-19,21,23,25,27,29,31,35H2,1-11H3/b37-22+,38-24+,39-26+,40-28+,41-30+,42-34+. The second kappa shape index (κ2) is 24.3. The van der Waals surface area contributed by atoms with Gasteiger partial charge in [0.2, 0.25) is 0 Å². The Bertz CT molecular complexity index is 1430. The monoisotopic (exact) mass is 681 g/mol. The Balaban J connectivity index is 1.69. The first-order valence-electron chi connectivity index (χ1n) is 19.4. The largest absolute Gasteiger partial charge is 0.372 e. The molecule has 2 heteroatoms. The topological polar surface area (TPSA) is 18.5 Å². The Morgan fingerprint density at radius 1 is 0.480 bits per heavy atom. The summed E-state index contributed by atoms with van der Waals surface area (Å²) in [6.45, 7) is 20.3. The number of rotatable bonds is 22. The molecule has 0 heterocycles. The summed E-state index contributed by atoms with van der Waals surface area (Å²) in [6, 6.07) is 8.53. The van der Waals surface area contributed by atoms with Gasteiger partial charge in [-0.05, 0) is 168 Å². The van der Waals surface area contributed by atoms with E-state index >= 15 is 0 Å². The zero-order chi connectivity index (χ0) is 36.9. The summed E-state index contributed by atoms with van der Waals surface area (Å²) in [7, 11) is 3.62. The van der Waals surface area contributed by atoms with E-state index in [1.54, 1.807) is 7.11 Å². The summed E-state index contributed by atoms with van der Waals surface area (Å²) in [4.78, 5) is 0. The second-order valence-corrected chi connectivity index (χ2v) is 15.1. The average Bonchev–Trinajstić information content (AvgIpc) is 3.07. The fourth-order valence-electron chi connectivity index (χ4n) is 6.84. The quantitative estimate of drug-likeness (QED) is 0.114. The smallest absolute Gasteiger partial charge is 0.104 e. The van der Waals surface area contributed by atoms with E-state index in [1.165, 1.54) is 87.0 Å². The summed E-state index contributed by atoms with van der Waals surface area (Å²) in [5.41, 5.74) is 15.5. The van der Waals surface area contributed by atoms with Crippen LogP contribution in [-0.4, -0.2) is 14.2 Å². The Labute approximate surface area is 308 Å². The minimum absolute atomic E-state index is 0.00236. The van der Waals surface area contributed by atoms with E-state index in [0.717, 1.165) is 57.8 Å². The number of methoxy groups -OCH3 is 2. The Hall–Kier alpha value is -2.94. The van der Waals surface area contributed by atoms with Crippen LogP contribution in [0.25, 0.3) is 0 Å². The number of hydrogen-bond donors (Lipinski definition) is 0. The van der Waals surface area contributed by atoms with Gasteiger partial charge < -0.3 is 9.47 Å². The van der Waals surface area contributed by atoms with Crippen LogP contribution in [0.1, 0.15) is 169 Å². The van der Waals surface area contributed by atoms with Crippen LogP contribution in [0.15, 0.2) is 117 Å². The van der Waals surface area contributed by atoms with E-state index in [0.29, 0.717) is 0 Å². The first-order valence-corrected chi connectivity index (χ1v) is 19.4. The van der Waals surface area contributed by atoms with Crippen molar-refractivity contribution in [2.24, 2.45) is 0 Å². The van der Waals surface area contributed by atoms with Crippen LogP contribution in [-0.2, 0) is 9.47 Å². The third-order valence-electron chi connectivity index (χ3n) is 10.2. The predicted molar refractivity (Wildman–Crippen MR) is 221 cm³/mol. The van der Waals surface area contributed by atoms with Crippen molar-refractivity contribution in [2.45, 2.75) is 158 Å². The highest BCUT2D eigenvalue weighted by atomic mass is 16.5. The molecule has 0 N–H and O–H groups in total. The molecule has 2 atom stereocenters. The second-order valence-electron chi connectivity index (χ2n) is 15.1. The molecule has 50 heavy (non-hydrogen) atoms. The van der Waals surface area contributed by atoms with Crippen molar-refractivity contribution in [1.29, 1.82) is 0 Å². The van der Waals surface area contributed by atoms with Gasteiger partial charge >= 0.3 is 0 Å². The Kier molecular flexibility index (Phi) is 21.0. The molecule has 0 amide bonds. The van der Waals surface area contributed by atoms with Crippen molar-refractivity contribution in [3.8, 4) is 0 Å². The maximum absolute atomic E-state index is 6.01. The van der Waals surface area contributed by atoms with Gasteiger partial charge in [0.25, 0.3) is 0 Å². The van der Waals surface area contributed by atoms with Gasteiger partial charge in [-0.15, -0.1) is 0 Å². The van der Waals surface area contributed by atoms with Gasteiger partial charge in [-0.25, -0.2) is 0 Å². The highest BCUT2D eigenvalue weighted by Crippen LogP contribution is 2.44. The van der Waals surface area contributed by atoms with Crippen LogP contribution in [0.4, 0.5) is 0 Å². The van der Waals surface area contributed by atoms with Gasteiger partial charge in [-0.2, -0.15) is 0 Å². The lowest BCUT2D eigenvalue weighted by atomic mass is 9.81. The molecule has 276 valence electrons. The number of fused-ring (bicyclic) bond motifs is 1. The summed E-state index contributed by atoms with van der Waals surface area (Å²) in [5.74, 6) is 0. The molecule has 2 rings (SSSR count). The predicted octanol–water partition coefficient (Wildman–Crippen LogP) is 15.1. The molecular weight excluding hydrogens is 609 g/mol. The molecule has 0 spiro atoms. The van der Waals surface area contributed by atoms with E-state index in [2.05, 4.69) is 129 Å². The molecular formula is C48H72O2. The third-order valence-corrected chi connectivity index (χ3v) is 10.2. The molecule has 1 aromatic carbocycles. The molecule has 1 aliphatic rings. The van der Waals surface area contributed by atoms with Crippen LogP contribution in [0.5, 0.6) is 0 Å². The zero-order valence-corrected chi connectivity index (χ0v) is 34.0. The van der Waals surface area contributed by atoms with Crippen molar-refractivity contribution >= 4 is 0 Å². The molecule has 1 aromatic rings. The van der Waals surface area contributed by atoms with Gasteiger partial charge in [0.1, 0.15) is 12.2 Å². The molecule has 0 fully saturated rings. The fourth-order valence-corrected chi connectivity index (χ4v) is 6.84. The molecule has 0 radical (unpaired) electrons. The van der Waals surface area contributed by atoms with Crippen molar-refractivity contribution in [3.05, 3.63) is 128 Å². The maximum Gasteiger partial charge on any atom is 0.104 e. The van der Waals surface area contributed by atoms with Crippen molar-refractivity contribution in [2.75, 3.05) is 14.2 Å². The van der Waals surface area contributed by atoms with Crippen LogP contribution >= 0.6 is 0 Å². The first kappa shape index (κ1) is 43.2. The molecule has 2 unspecified atom stereocenters. The van der Waals surface area contributed by atoms with Crippen LogP contribution in [0.3, 0.4) is 0 Å². The van der Waals surface area contributed by atoms with Crippen molar-refractivity contribution in [3.63, 3.8) is 0 Å². The minimum atomic E-state index is -0.00711. The molecule has 0 saturated heterocycles. The lowest BCUT2D eigenvalue weighted by Crippen LogP contribution is -2.20. The molecule has 0 aromatic heterocycles. The normalized spacial score (nSPS) is 18.1. The molecule has 2 nitrogen and oxygen atoms in total. The van der Waals surface area contributed by atoms with Crippen molar-refractivity contribution in [1.82, 2.24) is 0 Å². The molecule has 1 aliphatic carbocycles. The Morgan fingerprint density at radius 3 is 1.14 bits per heavy atom. The van der Waals surface area contributed by atoms with Crippen LogP contribution in [0, 0.1) is 0 Å². The van der Waals surface area contributed by atoms with Gasteiger partial charge in [0.05, 0.1) is 0 Å². The highest BCUT2D eigenvalue weighted by molar-refractivity contribution is 5.46. The van der Waals surface area contributed by atoms with Crippen LogP contribution in [0.2, 0.25) is 0 Å². The van der Waals surface area contributed by atoms with Gasteiger partial charge in [-0.3, -0.25) is 0 Å². The van der Waals surface area contributed by atoms with Crippen molar-refractivity contribution < 1.29 is 9.47 Å². The number of benzene rings is 1. The SMILES string of the molecule is COC1C(C)=C(C/C=C(\C)CC/C=C(\C)CC/C=C(\C)CC/C=C(\C)CC/C=C(\C)CC/C=C(\C)CCC=C(C)C)C(OC)c2ccccc21. The van der Waals surface area contributed by atoms with Gasteiger partial charge in [0.15, 0.2) is 0 Å². The van der Waals surface area contributed by atoms with E-state index in [9.17, 15) is 0 Å². The fraction of sp³-hybridized carbons (Fsp3) is 0.542. The lowest BCUT2D eigenvalue weighted by molar-refractivity contribution is 0.0946. The summed E-state index contributed by atoms with van der Waals surface area (Å²) < 4.78 is 11.9. The summed E-state index contributed by atoms with van der Waals surface area (Å²) >= 11 is 0. The van der Waals surface area contributed by atoms with E-state index < -0.39 is 0 Å². The Morgan fingerprint density at radius 2 is 0.800 bits per heavy atom. The van der Waals surface area contributed by atoms with Gasteiger partial charge in [0, 0.05) is 14.2 Å². The van der Waals surface area contributed by atoms with E-state index in [1.807, 2.05) is 7.11 Å². The van der Waals surface area contributed by atoms with Crippen LogP contribution < -0.4 is 0 Å². The number of ether oxygens (including phenoxy) is 2. The summed E-state index contributed by atoms with van der Waals surface area (Å²) in [5, 5.41) is 0. The number of allylic oxidation sites excluding steroid dienone is 14. The average molecular weight is 681 g/mol. The first-order chi connectivity index (χ1) is 24.0. The summed E-state index contributed by atoms with van der Waals surface area (Å²) in [6.07, 6.45) is 31.7. The minimum Gasteiger partial charge on any atom is -0.372 e. The molecule has 0 aliphatic heterocycles. The third kappa shape index (κ3) is 16.4. The maximum atomic E-state index is 6.01. The highest BCUT2D eigenvalue weighted by Gasteiger charge is 2.31. The zero-order valence-electron chi connectivity index (χ0n) is 34.0. The van der Waals surface area contributed by atoms with E-state index in [4.69, 9.17) is 9.47 Å².